The lowest BCUT2D eigenvalue weighted by molar-refractivity contribution is 0.0932. The number of aromatic nitrogens is 1. The van der Waals surface area contributed by atoms with E-state index in [0.29, 0.717) is 21.8 Å². The van der Waals surface area contributed by atoms with Crippen molar-refractivity contribution in [2.75, 3.05) is 14.2 Å². The van der Waals surface area contributed by atoms with Crippen molar-refractivity contribution >= 4 is 22.9 Å². The summed E-state index contributed by atoms with van der Waals surface area (Å²) in [4.78, 5) is 17.3. The van der Waals surface area contributed by atoms with Gasteiger partial charge in [0.25, 0.3) is 0 Å². The highest BCUT2D eigenvalue weighted by atomic mass is 32.1. The van der Waals surface area contributed by atoms with Crippen LogP contribution < -0.4 is 0 Å². The molecule has 3 rings (SSSR count). The second kappa shape index (κ2) is 5.69. The summed E-state index contributed by atoms with van der Waals surface area (Å²) < 4.78 is 10.5. The normalized spacial score (nSPS) is 13.9. The van der Waals surface area contributed by atoms with Gasteiger partial charge in [0.05, 0.1) is 19.1 Å². The quantitative estimate of drug-likeness (QED) is 0.815. The predicted molar refractivity (Wildman–Crippen MR) is 86.7 cm³/mol. The number of hydrogen-bond acceptors (Lipinski definition) is 5. The first-order valence-electron chi connectivity index (χ1n) is 6.64. The standard InChI is InChI=1S/C17H13NO3S/c1-20-15-14(19)13-11(10-6-8-18-9-7-10)4-3-5-12(13)17(22)16(15)21-2/h3-9H,1-2H3. The van der Waals surface area contributed by atoms with E-state index in [1.807, 2.05) is 30.3 Å². The summed E-state index contributed by atoms with van der Waals surface area (Å²) in [6.07, 6.45) is 3.38. The Morgan fingerprint density at radius 2 is 1.59 bits per heavy atom. The second-order valence-corrected chi connectivity index (χ2v) is 5.10. The van der Waals surface area contributed by atoms with E-state index in [1.165, 1.54) is 14.2 Å². The number of thiocarbonyl (C=S) groups is 1. The number of rotatable bonds is 3. The molecule has 0 radical (unpaired) electrons. The predicted octanol–water partition coefficient (Wildman–Crippen LogP) is 3.17. The van der Waals surface area contributed by atoms with Crippen LogP contribution in [-0.2, 0) is 9.47 Å². The third-order valence-electron chi connectivity index (χ3n) is 3.55. The zero-order valence-electron chi connectivity index (χ0n) is 12.1. The molecule has 0 saturated carbocycles. The van der Waals surface area contributed by atoms with Crippen molar-refractivity contribution in [3.05, 3.63) is 65.4 Å². The summed E-state index contributed by atoms with van der Waals surface area (Å²) in [5.74, 6) is 0.221. The highest BCUT2D eigenvalue weighted by molar-refractivity contribution is 7.81. The van der Waals surface area contributed by atoms with Crippen LogP contribution in [0.5, 0.6) is 0 Å². The third-order valence-corrected chi connectivity index (χ3v) is 3.96. The maximum atomic E-state index is 12.8. The molecule has 0 N–H and O–H groups in total. The lowest BCUT2D eigenvalue weighted by Gasteiger charge is -2.22. The molecule has 0 bridgehead atoms. The number of carbonyl (C=O) groups excluding carboxylic acids is 1. The summed E-state index contributed by atoms with van der Waals surface area (Å²) in [6, 6.07) is 9.30. The number of Topliss-reactive ketones (excluding diaryl/α,β-unsaturated/α-hetero) is 1. The van der Waals surface area contributed by atoms with E-state index in [2.05, 4.69) is 4.98 Å². The van der Waals surface area contributed by atoms with Gasteiger partial charge in [-0.25, -0.2) is 0 Å². The molecule has 4 nitrogen and oxygen atoms in total. The summed E-state index contributed by atoms with van der Waals surface area (Å²) >= 11 is 5.46. The van der Waals surface area contributed by atoms with Gasteiger partial charge in [-0.15, -0.1) is 0 Å². The molecule has 1 aromatic carbocycles. The van der Waals surface area contributed by atoms with Gasteiger partial charge >= 0.3 is 0 Å². The van der Waals surface area contributed by atoms with Crippen LogP contribution >= 0.6 is 12.2 Å². The minimum absolute atomic E-state index is 0.140. The molecule has 1 aliphatic rings. The number of allylic oxidation sites excluding steroid dienone is 2. The molecule has 22 heavy (non-hydrogen) atoms. The van der Waals surface area contributed by atoms with Gasteiger partial charge in [0.15, 0.2) is 5.76 Å². The van der Waals surface area contributed by atoms with Crippen LogP contribution in [-0.4, -0.2) is 29.9 Å². The van der Waals surface area contributed by atoms with Gasteiger partial charge in [0, 0.05) is 23.5 Å². The van der Waals surface area contributed by atoms with Crippen molar-refractivity contribution in [2.45, 2.75) is 0 Å². The molecule has 2 aromatic rings. The summed E-state index contributed by atoms with van der Waals surface area (Å²) in [5, 5.41) is 0. The highest BCUT2D eigenvalue weighted by Gasteiger charge is 2.33. The first-order valence-corrected chi connectivity index (χ1v) is 7.05. The minimum Gasteiger partial charge on any atom is -0.491 e. The van der Waals surface area contributed by atoms with Crippen LogP contribution in [0.3, 0.4) is 0 Å². The maximum absolute atomic E-state index is 12.8. The van der Waals surface area contributed by atoms with Gasteiger partial charge in [0.1, 0.15) is 0 Å². The first-order chi connectivity index (χ1) is 10.7. The number of nitrogens with zero attached hydrogens (tertiary/aromatic N) is 1. The topological polar surface area (TPSA) is 48.4 Å². The van der Waals surface area contributed by atoms with Crippen LogP contribution in [0.1, 0.15) is 15.9 Å². The number of ether oxygens (including phenoxy) is 2. The summed E-state index contributed by atoms with van der Waals surface area (Å²) in [5.41, 5.74) is 2.93. The van der Waals surface area contributed by atoms with Crippen molar-refractivity contribution in [1.82, 2.24) is 4.98 Å². The fourth-order valence-electron chi connectivity index (χ4n) is 2.57. The molecule has 1 aromatic heterocycles. The van der Waals surface area contributed by atoms with Crippen LogP contribution in [0.2, 0.25) is 0 Å². The largest absolute Gasteiger partial charge is 0.491 e. The lowest BCUT2D eigenvalue weighted by atomic mass is 9.87. The van der Waals surface area contributed by atoms with Crippen LogP contribution in [0.25, 0.3) is 11.1 Å². The monoisotopic (exact) mass is 311 g/mol. The van der Waals surface area contributed by atoms with Gasteiger partial charge in [-0.2, -0.15) is 0 Å². The minimum atomic E-state index is -0.227. The Bertz CT molecular complexity index is 797. The fraction of sp³-hybridized carbons (Fsp3) is 0.118. The Labute approximate surface area is 133 Å². The van der Waals surface area contributed by atoms with Crippen molar-refractivity contribution in [3.8, 4) is 11.1 Å². The SMILES string of the molecule is COC1=C(OC)C(=S)c2cccc(-c3ccncc3)c2C1=O. The Kier molecular flexibility index (Phi) is 3.73. The molecule has 0 fully saturated rings. The second-order valence-electron chi connectivity index (χ2n) is 4.69. The molecule has 1 aliphatic carbocycles. The highest BCUT2D eigenvalue weighted by Crippen LogP contribution is 2.34. The molecule has 0 amide bonds. The van der Waals surface area contributed by atoms with Crippen LogP contribution in [0.4, 0.5) is 0 Å². The van der Waals surface area contributed by atoms with Crippen molar-refractivity contribution in [1.29, 1.82) is 0 Å². The van der Waals surface area contributed by atoms with Gasteiger partial charge < -0.3 is 9.47 Å². The molecule has 110 valence electrons. The van der Waals surface area contributed by atoms with Crippen molar-refractivity contribution < 1.29 is 14.3 Å². The molecular weight excluding hydrogens is 298 g/mol. The number of pyridine rings is 1. The number of benzene rings is 1. The van der Waals surface area contributed by atoms with E-state index in [9.17, 15) is 4.79 Å². The summed E-state index contributed by atoms with van der Waals surface area (Å²) in [6.45, 7) is 0. The zero-order valence-corrected chi connectivity index (χ0v) is 12.9. The average molecular weight is 311 g/mol. The van der Waals surface area contributed by atoms with E-state index in [-0.39, 0.29) is 11.5 Å². The number of fused-ring (bicyclic) bond motifs is 1. The average Bonchev–Trinajstić information content (AvgIpc) is 2.58. The molecule has 0 spiro atoms. The van der Waals surface area contributed by atoms with E-state index >= 15 is 0 Å². The third kappa shape index (κ3) is 2.10. The van der Waals surface area contributed by atoms with Crippen LogP contribution in [0, 0.1) is 0 Å². The van der Waals surface area contributed by atoms with Crippen molar-refractivity contribution in [2.24, 2.45) is 0 Å². The molecule has 0 atom stereocenters. The van der Waals surface area contributed by atoms with Gasteiger partial charge in [-0.3, -0.25) is 9.78 Å². The Hall–Kier alpha value is -2.53. The molecule has 0 aliphatic heterocycles. The first kappa shape index (κ1) is 14.4. The van der Waals surface area contributed by atoms with E-state index in [1.54, 1.807) is 12.4 Å². The van der Waals surface area contributed by atoms with Gasteiger partial charge in [-0.05, 0) is 23.3 Å². The lowest BCUT2D eigenvalue weighted by Crippen LogP contribution is -2.24. The number of ketones is 1. The van der Waals surface area contributed by atoms with E-state index in [0.717, 1.165) is 11.1 Å². The van der Waals surface area contributed by atoms with Gasteiger partial charge in [-0.1, -0.05) is 30.4 Å². The number of methoxy groups -OCH3 is 2. The molecule has 1 heterocycles. The maximum Gasteiger partial charge on any atom is 0.232 e. The van der Waals surface area contributed by atoms with E-state index in [4.69, 9.17) is 21.7 Å². The number of hydrogen-bond donors (Lipinski definition) is 0. The molecule has 0 saturated heterocycles. The van der Waals surface area contributed by atoms with Crippen LogP contribution in [0.15, 0.2) is 54.2 Å². The molecule has 5 heteroatoms. The fourth-order valence-corrected chi connectivity index (χ4v) is 2.92. The summed E-state index contributed by atoms with van der Waals surface area (Å²) in [7, 11) is 2.92. The molecule has 0 unspecified atom stereocenters. The molecular formula is C17H13NO3S. The number of carbonyl (C=O) groups is 1. The Morgan fingerprint density at radius 3 is 2.23 bits per heavy atom. The Morgan fingerprint density at radius 1 is 0.955 bits per heavy atom. The van der Waals surface area contributed by atoms with Gasteiger partial charge in [0.2, 0.25) is 11.5 Å². The van der Waals surface area contributed by atoms with E-state index < -0.39 is 0 Å². The smallest absolute Gasteiger partial charge is 0.232 e. The zero-order chi connectivity index (χ0) is 15.7. The Balaban J connectivity index is 2.28. The van der Waals surface area contributed by atoms with Crippen molar-refractivity contribution in [3.63, 3.8) is 0 Å².